The molecule has 0 fully saturated rings. The molecule has 0 atom stereocenters. The van der Waals surface area contributed by atoms with Crippen molar-refractivity contribution in [3.8, 4) is 11.5 Å². The summed E-state index contributed by atoms with van der Waals surface area (Å²) in [7, 11) is 3.15. The molecule has 1 amide bonds. The third kappa shape index (κ3) is 4.73. The topological polar surface area (TPSA) is 85.4 Å². The molecule has 4 aromatic rings. The quantitative estimate of drug-likeness (QED) is 0.415. The van der Waals surface area contributed by atoms with E-state index in [2.05, 4.69) is 20.6 Å². The normalized spacial score (nSPS) is 10.6. The maximum absolute atomic E-state index is 12.5. The van der Waals surface area contributed by atoms with E-state index in [0.29, 0.717) is 40.3 Å². The Hall–Kier alpha value is -3.84. The van der Waals surface area contributed by atoms with E-state index < -0.39 is 0 Å². The van der Waals surface area contributed by atoms with Gasteiger partial charge in [-0.15, -0.1) is 0 Å². The Balaban J connectivity index is 1.43. The molecule has 0 saturated heterocycles. The number of methoxy groups -OCH3 is 2. The average Bonchev–Trinajstić information content (AvgIpc) is 2.83. The van der Waals surface area contributed by atoms with Gasteiger partial charge in [-0.05, 0) is 53.4 Å². The number of hydrogen-bond donors (Lipinski definition) is 2. The van der Waals surface area contributed by atoms with Crippen LogP contribution in [0, 0.1) is 0 Å². The first-order valence-electron chi connectivity index (χ1n) is 9.84. The number of ether oxygens (including phenoxy) is 2. The van der Waals surface area contributed by atoms with Crippen molar-refractivity contribution < 1.29 is 14.3 Å². The van der Waals surface area contributed by atoms with Crippen LogP contribution in [-0.2, 0) is 6.54 Å². The third-order valence-electron chi connectivity index (χ3n) is 4.89. The lowest BCUT2D eigenvalue weighted by molar-refractivity contribution is 0.0946. The van der Waals surface area contributed by atoms with E-state index in [0.717, 1.165) is 16.3 Å². The Bertz CT molecular complexity index is 1260. The number of nitrogens with zero attached hydrogens (tertiary/aromatic N) is 2. The molecular weight excluding hydrogens is 428 g/mol. The lowest BCUT2D eigenvalue weighted by Crippen LogP contribution is -2.23. The van der Waals surface area contributed by atoms with E-state index in [1.165, 1.54) is 0 Å². The highest BCUT2D eigenvalue weighted by molar-refractivity contribution is 6.31. The minimum Gasteiger partial charge on any atom is -0.493 e. The zero-order valence-electron chi connectivity index (χ0n) is 17.6. The Morgan fingerprint density at radius 3 is 2.56 bits per heavy atom. The van der Waals surface area contributed by atoms with Crippen molar-refractivity contribution >= 4 is 39.8 Å². The number of carbonyl (C=O) groups excluding carboxylic acids is 1. The van der Waals surface area contributed by atoms with E-state index in [9.17, 15) is 4.79 Å². The van der Waals surface area contributed by atoms with Gasteiger partial charge in [0.2, 0.25) is 0 Å². The molecule has 0 radical (unpaired) electrons. The predicted octanol–water partition coefficient (Wildman–Crippen LogP) is 4.97. The predicted molar refractivity (Wildman–Crippen MR) is 125 cm³/mol. The van der Waals surface area contributed by atoms with E-state index in [1.54, 1.807) is 44.8 Å². The monoisotopic (exact) mass is 448 g/mol. The van der Waals surface area contributed by atoms with Crippen LogP contribution in [0.15, 0.2) is 67.0 Å². The van der Waals surface area contributed by atoms with Crippen molar-refractivity contribution in [3.05, 3.63) is 83.3 Å². The number of aromatic nitrogens is 2. The van der Waals surface area contributed by atoms with Gasteiger partial charge >= 0.3 is 0 Å². The summed E-state index contributed by atoms with van der Waals surface area (Å²) in [6, 6.07) is 16.5. The van der Waals surface area contributed by atoms with Crippen LogP contribution < -0.4 is 20.1 Å². The van der Waals surface area contributed by atoms with Crippen molar-refractivity contribution in [2.24, 2.45) is 0 Å². The van der Waals surface area contributed by atoms with Crippen molar-refractivity contribution in [1.82, 2.24) is 15.3 Å². The van der Waals surface area contributed by atoms with Gasteiger partial charge in [0.05, 0.1) is 26.1 Å². The highest BCUT2D eigenvalue weighted by atomic mass is 35.5. The first kappa shape index (κ1) is 21.4. The molecule has 0 saturated carbocycles. The summed E-state index contributed by atoms with van der Waals surface area (Å²) >= 11 is 6.13. The summed E-state index contributed by atoms with van der Waals surface area (Å²) in [5.74, 6) is 1.63. The molecule has 2 heterocycles. The number of amides is 1. The summed E-state index contributed by atoms with van der Waals surface area (Å²) in [5, 5.41) is 8.64. The van der Waals surface area contributed by atoms with E-state index in [4.69, 9.17) is 21.1 Å². The van der Waals surface area contributed by atoms with Crippen LogP contribution in [0.25, 0.3) is 10.8 Å². The fourth-order valence-electron chi connectivity index (χ4n) is 3.24. The minimum atomic E-state index is -0.276. The largest absolute Gasteiger partial charge is 0.493 e. The minimum absolute atomic E-state index is 0.276. The van der Waals surface area contributed by atoms with Crippen LogP contribution in [0.5, 0.6) is 11.5 Å². The molecule has 0 unspecified atom stereocenters. The van der Waals surface area contributed by atoms with Gasteiger partial charge in [-0.3, -0.25) is 4.79 Å². The first-order valence-corrected chi connectivity index (χ1v) is 10.2. The second kappa shape index (κ2) is 9.53. The molecule has 2 aromatic carbocycles. The number of hydrogen-bond acceptors (Lipinski definition) is 6. The highest BCUT2D eigenvalue weighted by Crippen LogP contribution is 2.28. The molecule has 0 bridgehead atoms. The lowest BCUT2D eigenvalue weighted by Gasteiger charge is -2.11. The Kier molecular flexibility index (Phi) is 6.37. The summed E-state index contributed by atoms with van der Waals surface area (Å²) in [5.41, 5.74) is 1.90. The van der Waals surface area contributed by atoms with Gasteiger partial charge in [0.15, 0.2) is 11.5 Å². The molecule has 8 heteroatoms. The number of anilines is 2. The summed E-state index contributed by atoms with van der Waals surface area (Å²) in [4.78, 5) is 21.2. The summed E-state index contributed by atoms with van der Waals surface area (Å²) < 4.78 is 10.5. The smallest absolute Gasteiger partial charge is 0.270 e. The highest BCUT2D eigenvalue weighted by Gasteiger charge is 2.10. The fraction of sp³-hybridized carbons (Fsp3) is 0.125. The molecule has 0 spiro atoms. The number of fused-ring (bicyclic) bond motifs is 1. The second-order valence-corrected chi connectivity index (χ2v) is 7.39. The van der Waals surface area contributed by atoms with Crippen molar-refractivity contribution in [2.45, 2.75) is 6.54 Å². The molecular formula is C24H21ClN4O3. The van der Waals surface area contributed by atoms with E-state index in [-0.39, 0.29) is 5.91 Å². The van der Waals surface area contributed by atoms with E-state index >= 15 is 0 Å². The maximum atomic E-state index is 12.5. The molecule has 0 aliphatic carbocycles. The van der Waals surface area contributed by atoms with Crippen molar-refractivity contribution in [2.75, 3.05) is 19.5 Å². The number of halogens is 1. The number of rotatable bonds is 7. The van der Waals surface area contributed by atoms with Gasteiger partial charge in [-0.2, -0.15) is 0 Å². The molecule has 32 heavy (non-hydrogen) atoms. The van der Waals surface area contributed by atoms with Gasteiger partial charge in [-0.25, -0.2) is 9.97 Å². The number of pyridine rings is 2. The second-order valence-electron chi connectivity index (χ2n) is 6.95. The van der Waals surface area contributed by atoms with Gasteiger partial charge in [0, 0.05) is 23.2 Å². The SMILES string of the molecule is COc1ccc(CNC(=O)c2ccc(Nc3nccc4ccc(Cl)cc34)cn2)cc1OC. The molecule has 2 aromatic heterocycles. The molecule has 4 rings (SSSR count). The zero-order valence-corrected chi connectivity index (χ0v) is 18.3. The van der Waals surface area contributed by atoms with Crippen molar-refractivity contribution in [3.63, 3.8) is 0 Å². The van der Waals surface area contributed by atoms with Crippen molar-refractivity contribution in [1.29, 1.82) is 0 Å². The molecule has 0 aliphatic heterocycles. The van der Waals surface area contributed by atoms with Gasteiger partial charge < -0.3 is 20.1 Å². The van der Waals surface area contributed by atoms with Crippen LogP contribution >= 0.6 is 11.6 Å². The number of nitrogens with one attached hydrogen (secondary N) is 2. The maximum Gasteiger partial charge on any atom is 0.270 e. The molecule has 0 aliphatic rings. The van der Waals surface area contributed by atoms with Crippen LogP contribution in [0.3, 0.4) is 0 Å². The van der Waals surface area contributed by atoms with E-state index in [1.807, 2.05) is 36.4 Å². The molecule has 2 N–H and O–H groups in total. The van der Waals surface area contributed by atoms with Crippen LogP contribution in [0.1, 0.15) is 16.1 Å². The Morgan fingerprint density at radius 2 is 1.81 bits per heavy atom. The van der Waals surface area contributed by atoms with Gasteiger partial charge in [-0.1, -0.05) is 23.7 Å². The Morgan fingerprint density at radius 1 is 0.969 bits per heavy atom. The summed E-state index contributed by atoms with van der Waals surface area (Å²) in [6.45, 7) is 0.335. The standard InChI is InChI=1S/C24H21ClN4O3/c1-31-21-8-3-15(11-22(21)32-2)13-28-24(30)20-7-6-18(14-27-20)29-23-19-12-17(25)5-4-16(19)9-10-26-23/h3-12,14H,13H2,1-2H3,(H,26,29)(H,28,30). The average molecular weight is 449 g/mol. The molecule has 7 nitrogen and oxygen atoms in total. The first-order chi connectivity index (χ1) is 15.6. The van der Waals surface area contributed by atoms with Gasteiger partial charge in [0.25, 0.3) is 5.91 Å². The van der Waals surface area contributed by atoms with Crippen LogP contribution in [-0.4, -0.2) is 30.1 Å². The number of benzene rings is 2. The Labute approximate surface area is 190 Å². The van der Waals surface area contributed by atoms with Crippen LogP contribution in [0.4, 0.5) is 11.5 Å². The fourth-order valence-corrected chi connectivity index (χ4v) is 3.41. The lowest BCUT2D eigenvalue weighted by atomic mass is 10.1. The van der Waals surface area contributed by atoms with Crippen LogP contribution in [0.2, 0.25) is 5.02 Å². The summed E-state index contributed by atoms with van der Waals surface area (Å²) in [6.07, 6.45) is 3.32. The third-order valence-corrected chi connectivity index (χ3v) is 5.12. The zero-order chi connectivity index (χ0) is 22.5. The molecule has 162 valence electrons. The van der Waals surface area contributed by atoms with Gasteiger partial charge in [0.1, 0.15) is 11.5 Å². The number of carbonyl (C=O) groups is 1.